The van der Waals surface area contributed by atoms with Gasteiger partial charge in [0, 0.05) is 6.04 Å². The molecule has 0 aromatic carbocycles. The van der Waals surface area contributed by atoms with Crippen LogP contribution in [-0.4, -0.2) is 6.04 Å². The highest BCUT2D eigenvalue weighted by Gasteiger charge is 2.00. The van der Waals surface area contributed by atoms with Gasteiger partial charge in [-0.1, -0.05) is 26.8 Å². The van der Waals surface area contributed by atoms with Crippen molar-refractivity contribution >= 4 is 0 Å². The van der Waals surface area contributed by atoms with E-state index in [4.69, 9.17) is 0 Å². The van der Waals surface area contributed by atoms with E-state index in [1.165, 1.54) is 12.8 Å². The Morgan fingerprint density at radius 1 is 1.55 bits per heavy atom. The van der Waals surface area contributed by atoms with E-state index in [1.807, 2.05) is 0 Å². The Balaban J connectivity index is 3.42. The lowest BCUT2D eigenvalue weighted by molar-refractivity contribution is 0.433. The summed E-state index contributed by atoms with van der Waals surface area (Å²) in [5.74, 6) is 0. The van der Waals surface area contributed by atoms with Crippen molar-refractivity contribution in [2.75, 3.05) is 0 Å². The van der Waals surface area contributed by atoms with Crippen molar-refractivity contribution in [1.82, 2.24) is 10.9 Å². The molecule has 0 saturated heterocycles. The maximum Gasteiger partial charge on any atom is 0.0538 e. The van der Waals surface area contributed by atoms with Gasteiger partial charge >= 0.3 is 0 Å². The van der Waals surface area contributed by atoms with Gasteiger partial charge in [0.05, 0.1) is 6.20 Å². The molecule has 0 radical (unpaired) electrons. The molecule has 0 aliphatic heterocycles. The average Bonchev–Trinajstić information content (AvgIpc) is 2.03. The third-order valence-corrected chi connectivity index (χ3v) is 1.59. The van der Waals surface area contributed by atoms with Gasteiger partial charge in [0.2, 0.25) is 0 Å². The third kappa shape index (κ3) is 5.71. The molecule has 0 aliphatic rings. The van der Waals surface area contributed by atoms with Crippen LogP contribution in [-0.2, 0) is 0 Å². The van der Waals surface area contributed by atoms with Gasteiger partial charge in [-0.15, -0.1) is 5.73 Å². The smallest absolute Gasteiger partial charge is 0.0538 e. The minimum Gasteiger partial charge on any atom is -0.321 e. The second-order valence-corrected chi connectivity index (χ2v) is 2.53. The zero-order chi connectivity index (χ0) is 8.53. The predicted octanol–water partition coefficient (Wildman–Crippen LogP) is 1.96. The van der Waals surface area contributed by atoms with E-state index in [9.17, 15) is 0 Å². The summed E-state index contributed by atoms with van der Waals surface area (Å²) >= 11 is 0. The van der Waals surface area contributed by atoms with Crippen molar-refractivity contribution in [2.24, 2.45) is 0 Å². The standard InChI is InChI=1S/C9H18N2/c1-4-7-9(6-3)11-10-8-5-2/h8-11H,2,4,6-7H2,1,3H3. The van der Waals surface area contributed by atoms with E-state index >= 15 is 0 Å². The molecule has 0 saturated carbocycles. The van der Waals surface area contributed by atoms with E-state index in [1.54, 1.807) is 6.20 Å². The van der Waals surface area contributed by atoms with E-state index in [0.29, 0.717) is 6.04 Å². The first-order valence-electron chi connectivity index (χ1n) is 4.20. The fraction of sp³-hybridized carbons (Fsp3) is 0.667. The number of nitrogens with one attached hydrogen (secondary N) is 2. The molecule has 2 heteroatoms. The Hall–Kier alpha value is -0.720. The Morgan fingerprint density at radius 2 is 2.27 bits per heavy atom. The molecule has 0 spiro atoms. The molecule has 0 bridgehead atoms. The number of rotatable bonds is 6. The van der Waals surface area contributed by atoms with Gasteiger partial charge in [-0.3, -0.25) is 0 Å². The van der Waals surface area contributed by atoms with Crippen LogP contribution < -0.4 is 10.9 Å². The second-order valence-electron chi connectivity index (χ2n) is 2.53. The molecule has 0 aliphatic carbocycles. The van der Waals surface area contributed by atoms with Crippen LogP contribution in [0.25, 0.3) is 0 Å². The van der Waals surface area contributed by atoms with Crippen molar-refractivity contribution in [3.05, 3.63) is 18.5 Å². The molecule has 2 nitrogen and oxygen atoms in total. The van der Waals surface area contributed by atoms with E-state index < -0.39 is 0 Å². The highest BCUT2D eigenvalue weighted by molar-refractivity contribution is 4.72. The quantitative estimate of drug-likeness (QED) is 0.451. The molecule has 0 fully saturated rings. The van der Waals surface area contributed by atoms with E-state index in [0.717, 1.165) is 6.42 Å². The molecule has 2 N–H and O–H groups in total. The minimum atomic E-state index is 0.560. The number of hydrogen-bond acceptors (Lipinski definition) is 2. The van der Waals surface area contributed by atoms with Crippen molar-refractivity contribution in [3.63, 3.8) is 0 Å². The van der Waals surface area contributed by atoms with Crippen LogP contribution in [0.4, 0.5) is 0 Å². The SMILES string of the molecule is C=C=CNNC(CC)CCC. The van der Waals surface area contributed by atoms with Gasteiger partial charge in [0.1, 0.15) is 0 Å². The fourth-order valence-corrected chi connectivity index (χ4v) is 0.937. The first kappa shape index (κ1) is 10.3. The third-order valence-electron chi connectivity index (χ3n) is 1.59. The summed E-state index contributed by atoms with van der Waals surface area (Å²) in [5.41, 5.74) is 8.73. The van der Waals surface area contributed by atoms with Crippen molar-refractivity contribution in [2.45, 2.75) is 39.2 Å². The van der Waals surface area contributed by atoms with Crippen LogP contribution in [0.3, 0.4) is 0 Å². The summed E-state index contributed by atoms with van der Waals surface area (Å²) in [6.07, 6.45) is 5.24. The summed E-state index contributed by atoms with van der Waals surface area (Å²) in [4.78, 5) is 0. The maximum absolute atomic E-state index is 3.45. The van der Waals surface area contributed by atoms with Crippen LogP contribution >= 0.6 is 0 Å². The number of hydrogen-bond donors (Lipinski definition) is 2. The van der Waals surface area contributed by atoms with Crippen LogP contribution in [0.15, 0.2) is 18.5 Å². The zero-order valence-corrected chi connectivity index (χ0v) is 7.48. The Bertz CT molecular complexity index is 126. The highest BCUT2D eigenvalue weighted by Crippen LogP contribution is 1.98. The molecule has 11 heavy (non-hydrogen) atoms. The van der Waals surface area contributed by atoms with Crippen molar-refractivity contribution in [1.29, 1.82) is 0 Å². The van der Waals surface area contributed by atoms with E-state index in [-0.39, 0.29) is 0 Å². The molecule has 0 rings (SSSR count). The fourth-order valence-electron chi connectivity index (χ4n) is 0.937. The summed E-state index contributed by atoms with van der Waals surface area (Å²) < 4.78 is 0. The molecule has 0 aromatic rings. The second kappa shape index (κ2) is 7.39. The Labute approximate surface area is 69.3 Å². The molecule has 0 amide bonds. The summed E-state index contributed by atoms with van der Waals surface area (Å²) in [5, 5.41) is 0. The summed E-state index contributed by atoms with van der Waals surface area (Å²) in [7, 11) is 0. The first-order chi connectivity index (χ1) is 5.35. The largest absolute Gasteiger partial charge is 0.321 e. The van der Waals surface area contributed by atoms with Crippen LogP contribution in [0, 0.1) is 0 Å². The molecule has 1 atom stereocenters. The molecule has 64 valence electrons. The average molecular weight is 154 g/mol. The van der Waals surface area contributed by atoms with Gasteiger partial charge < -0.3 is 5.43 Å². The first-order valence-corrected chi connectivity index (χ1v) is 4.20. The molecular formula is C9H18N2. The van der Waals surface area contributed by atoms with Crippen molar-refractivity contribution < 1.29 is 0 Å². The molecule has 0 aromatic heterocycles. The lowest BCUT2D eigenvalue weighted by Gasteiger charge is -2.14. The topological polar surface area (TPSA) is 24.1 Å². The van der Waals surface area contributed by atoms with Gasteiger partial charge in [-0.25, -0.2) is 5.43 Å². The van der Waals surface area contributed by atoms with Gasteiger partial charge in [0.25, 0.3) is 0 Å². The van der Waals surface area contributed by atoms with E-state index in [2.05, 4.69) is 37.0 Å². The monoisotopic (exact) mass is 154 g/mol. The van der Waals surface area contributed by atoms with Crippen LogP contribution in [0.5, 0.6) is 0 Å². The molecule has 1 unspecified atom stereocenters. The zero-order valence-electron chi connectivity index (χ0n) is 7.48. The lowest BCUT2D eigenvalue weighted by Crippen LogP contribution is -2.36. The van der Waals surface area contributed by atoms with Crippen molar-refractivity contribution in [3.8, 4) is 0 Å². The minimum absolute atomic E-state index is 0.560. The molecular weight excluding hydrogens is 136 g/mol. The molecule has 0 heterocycles. The summed E-state index contributed by atoms with van der Waals surface area (Å²) in [6.45, 7) is 7.81. The summed E-state index contributed by atoms with van der Waals surface area (Å²) in [6, 6.07) is 0.560. The highest BCUT2D eigenvalue weighted by atomic mass is 15.4. The maximum atomic E-state index is 3.45. The lowest BCUT2D eigenvalue weighted by atomic mass is 10.1. The Kier molecular flexibility index (Phi) is 6.90. The Morgan fingerprint density at radius 3 is 2.73 bits per heavy atom. The van der Waals surface area contributed by atoms with Gasteiger partial charge in [-0.05, 0) is 12.8 Å². The number of hydrazine groups is 1. The van der Waals surface area contributed by atoms with Gasteiger partial charge in [0.15, 0.2) is 0 Å². The predicted molar refractivity (Wildman–Crippen MR) is 49.0 cm³/mol. The van der Waals surface area contributed by atoms with Crippen LogP contribution in [0.2, 0.25) is 0 Å². The van der Waals surface area contributed by atoms with Crippen LogP contribution in [0.1, 0.15) is 33.1 Å². The normalized spacial score (nSPS) is 11.8. The van der Waals surface area contributed by atoms with Gasteiger partial charge in [-0.2, -0.15) is 0 Å².